The molecule has 0 atom stereocenters. The first kappa shape index (κ1) is 12.1. The number of hydrogen-bond acceptors (Lipinski definition) is 4. The molecule has 0 aliphatic heterocycles. The van der Waals surface area contributed by atoms with Crippen molar-refractivity contribution < 1.29 is 0 Å². The van der Waals surface area contributed by atoms with E-state index in [4.69, 9.17) is 22.3 Å². The quantitative estimate of drug-likeness (QED) is 0.759. The van der Waals surface area contributed by atoms with Crippen molar-refractivity contribution in [3.05, 3.63) is 40.5 Å². The molecule has 3 aromatic rings. The summed E-state index contributed by atoms with van der Waals surface area (Å²) in [5.41, 5.74) is 8.83. The predicted molar refractivity (Wildman–Crippen MR) is 84.2 cm³/mol. The van der Waals surface area contributed by atoms with Crippen LogP contribution < -0.4 is 5.73 Å². The van der Waals surface area contributed by atoms with Gasteiger partial charge in [0.1, 0.15) is 10.7 Å². The van der Waals surface area contributed by atoms with E-state index in [-0.39, 0.29) is 0 Å². The summed E-state index contributed by atoms with van der Waals surface area (Å²) in [6, 6.07) is 7.70. The summed E-state index contributed by atoms with van der Waals surface area (Å²) < 4.78 is 0. The van der Waals surface area contributed by atoms with E-state index in [0.717, 1.165) is 32.2 Å². The molecule has 2 aromatic heterocycles. The molecule has 0 saturated heterocycles. The van der Waals surface area contributed by atoms with Gasteiger partial charge in [0.05, 0.1) is 15.5 Å². The molecule has 0 amide bonds. The van der Waals surface area contributed by atoms with Gasteiger partial charge in [0.25, 0.3) is 0 Å². The largest absolute Gasteiger partial charge is 0.389 e. The lowest BCUT2D eigenvalue weighted by Crippen LogP contribution is -1.90. The second kappa shape index (κ2) is 4.43. The molecule has 1 aromatic carbocycles. The molecular weight excluding hydrogens is 290 g/mol. The van der Waals surface area contributed by atoms with E-state index in [0.29, 0.717) is 10.9 Å². The van der Waals surface area contributed by atoms with E-state index in [1.54, 1.807) is 17.5 Å². The van der Waals surface area contributed by atoms with Gasteiger partial charge in [0.15, 0.2) is 0 Å². The van der Waals surface area contributed by atoms with Gasteiger partial charge < -0.3 is 5.73 Å². The Balaban J connectivity index is 1.96. The number of hydrogen-bond donors (Lipinski definition) is 1. The van der Waals surface area contributed by atoms with Crippen LogP contribution in [0.5, 0.6) is 0 Å². The minimum Gasteiger partial charge on any atom is -0.389 e. The van der Waals surface area contributed by atoms with Gasteiger partial charge in [0, 0.05) is 23.1 Å². The molecule has 20 heavy (non-hydrogen) atoms. The normalized spacial score (nSPS) is 14.8. The predicted octanol–water partition coefficient (Wildman–Crippen LogP) is 4.47. The monoisotopic (exact) mass is 301 g/mol. The van der Waals surface area contributed by atoms with Crippen LogP contribution in [0.4, 0.5) is 5.00 Å². The number of pyridine rings is 1. The number of rotatable bonds is 2. The summed E-state index contributed by atoms with van der Waals surface area (Å²) in [5, 5.41) is 3.55. The summed E-state index contributed by atoms with van der Waals surface area (Å²) >= 11 is 7.83. The summed E-state index contributed by atoms with van der Waals surface area (Å²) in [4.78, 5) is 9.19. The molecule has 0 radical (unpaired) electrons. The fourth-order valence-electron chi connectivity index (χ4n) is 2.38. The van der Waals surface area contributed by atoms with Gasteiger partial charge in [-0.3, -0.25) is 4.98 Å². The van der Waals surface area contributed by atoms with Crippen LogP contribution in [0.3, 0.4) is 0 Å². The lowest BCUT2D eigenvalue weighted by atomic mass is 10.1. The van der Waals surface area contributed by atoms with Gasteiger partial charge in [-0.15, -0.1) is 11.3 Å². The maximum atomic E-state index is 6.23. The van der Waals surface area contributed by atoms with E-state index in [9.17, 15) is 0 Å². The van der Waals surface area contributed by atoms with Gasteiger partial charge >= 0.3 is 0 Å². The van der Waals surface area contributed by atoms with Crippen molar-refractivity contribution in [1.82, 2.24) is 9.97 Å². The first-order valence-corrected chi connectivity index (χ1v) is 7.73. The second-order valence-electron chi connectivity index (χ2n) is 5.03. The highest BCUT2D eigenvalue weighted by Gasteiger charge is 2.28. The van der Waals surface area contributed by atoms with E-state index in [2.05, 4.69) is 4.98 Å². The molecule has 0 bridgehead atoms. The van der Waals surface area contributed by atoms with Crippen molar-refractivity contribution in [3.8, 4) is 11.3 Å². The molecule has 5 heteroatoms. The minimum absolute atomic E-state index is 0.613. The Bertz CT molecular complexity index is 808. The number of nitrogen functional groups attached to an aromatic ring is 1. The number of fused-ring (bicyclic) bond motifs is 1. The van der Waals surface area contributed by atoms with Crippen LogP contribution in [0, 0.1) is 0 Å². The average molecular weight is 302 g/mol. The van der Waals surface area contributed by atoms with E-state index >= 15 is 0 Å². The van der Waals surface area contributed by atoms with Crippen LogP contribution in [0.25, 0.3) is 22.2 Å². The Morgan fingerprint density at radius 3 is 2.90 bits per heavy atom. The number of halogens is 1. The molecule has 0 spiro atoms. The zero-order chi connectivity index (χ0) is 13.7. The zero-order valence-electron chi connectivity index (χ0n) is 10.6. The molecular formula is C15H12ClN3S. The van der Waals surface area contributed by atoms with Crippen LogP contribution in [-0.4, -0.2) is 9.97 Å². The molecule has 1 fully saturated rings. The minimum atomic E-state index is 0.613. The Labute approximate surface area is 125 Å². The maximum Gasteiger partial charge on any atom is 0.114 e. The van der Waals surface area contributed by atoms with Crippen molar-refractivity contribution in [2.75, 3.05) is 5.73 Å². The summed E-state index contributed by atoms with van der Waals surface area (Å²) in [6.07, 6.45) is 4.23. The molecule has 0 unspecified atom stereocenters. The Morgan fingerprint density at radius 2 is 2.10 bits per heavy atom. The molecule has 2 heterocycles. The fraction of sp³-hybridized carbons (Fsp3) is 0.200. The first-order valence-electron chi connectivity index (χ1n) is 6.54. The number of thiazole rings is 1. The van der Waals surface area contributed by atoms with Crippen LogP contribution in [0.15, 0.2) is 30.5 Å². The van der Waals surface area contributed by atoms with Gasteiger partial charge in [-0.05, 0) is 37.1 Å². The van der Waals surface area contributed by atoms with Gasteiger partial charge in [-0.25, -0.2) is 4.98 Å². The van der Waals surface area contributed by atoms with Crippen LogP contribution in [0.2, 0.25) is 5.02 Å². The van der Waals surface area contributed by atoms with E-state index in [1.807, 2.05) is 24.3 Å². The highest BCUT2D eigenvalue weighted by atomic mass is 35.5. The second-order valence-corrected chi connectivity index (χ2v) is 6.50. The van der Waals surface area contributed by atoms with Crippen molar-refractivity contribution in [1.29, 1.82) is 0 Å². The zero-order valence-corrected chi connectivity index (χ0v) is 12.2. The molecule has 1 aliphatic carbocycles. The Hall–Kier alpha value is -1.65. The van der Waals surface area contributed by atoms with Crippen molar-refractivity contribution in [3.63, 3.8) is 0 Å². The lowest BCUT2D eigenvalue weighted by Gasteiger charge is -2.05. The standard InChI is InChI=1S/C15H12ClN3S/c16-11-6-5-10(12-9(11)2-1-7-18-12)13-14(17)20-15(19-13)8-3-4-8/h1-2,5-8H,3-4,17H2. The Kier molecular flexibility index (Phi) is 2.69. The number of nitrogens with zero attached hydrogens (tertiary/aromatic N) is 2. The lowest BCUT2D eigenvalue weighted by molar-refractivity contribution is 1.09. The fourth-order valence-corrected chi connectivity index (χ4v) is 3.61. The smallest absolute Gasteiger partial charge is 0.114 e. The molecule has 100 valence electrons. The third-order valence-corrected chi connectivity index (χ3v) is 4.94. The van der Waals surface area contributed by atoms with E-state index < -0.39 is 0 Å². The molecule has 4 rings (SSSR count). The van der Waals surface area contributed by atoms with Crippen molar-refractivity contribution in [2.45, 2.75) is 18.8 Å². The van der Waals surface area contributed by atoms with Gasteiger partial charge in [0.2, 0.25) is 0 Å². The highest BCUT2D eigenvalue weighted by molar-refractivity contribution is 7.16. The summed E-state index contributed by atoms with van der Waals surface area (Å²) in [7, 11) is 0. The third kappa shape index (κ3) is 1.87. The van der Waals surface area contributed by atoms with Gasteiger partial charge in [-0.2, -0.15) is 0 Å². The highest BCUT2D eigenvalue weighted by Crippen LogP contribution is 2.46. The maximum absolute atomic E-state index is 6.23. The molecule has 3 nitrogen and oxygen atoms in total. The number of nitrogens with two attached hydrogens (primary N) is 1. The first-order chi connectivity index (χ1) is 9.74. The number of anilines is 1. The topological polar surface area (TPSA) is 51.8 Å². The van der Waals surface area contributed by atoms with Crippen molar-refractivity contribution in [2.24, 2.45) is 0 Å². The van der Waals surface area contributed by atoms with Crippen molar-refractivity contribution >= 4 is 38.8 Å². The molecule has 1 aliphatic rings. The van der Waals surface area contributed by atoms with Gasteiger partial charge in [-0.1, -0.05) is 11.6 Å². The number of benzene rings is 1. The van der Waals surface area contributed by atoms with Crippen LogP contribution >= 0.6 is 22.9 Å². The Morgan fingerprint density at radius 1 is 1.25 bits per heavy atom. The number of aromatic nitrogens is 2. The molecule has 1 saturated carbocycles. The van der Waals surface area contributed by atoms with Crippen LogP contribution in [0.1, 0.15) is 23.8 Å². The summed E-state index contributed by atoms with van der Waals surface area (Å²) in [6.45, 7) is 0. The average Bonchev–Trinajstić information content (AvgIpc) is 3.24. The molecule has 2 N–H and O–H groups in total. The van der Waals surface area contributed by atoms with Crippen LogP contribution in [-0.2, 0) is 0 Å². The van der Waals surface area contributed by atoms with E-state index in [1.165, 1.54) is 12.8 Å². The third-order valence-electron chi connectivity index (χ3n) is 3.57. The SMILES string of the molecule is Nc1sc(C2CC2)nc1-c1ccc(Cl)c2cccnc12. The summed E-state index contributed by atoms with van der Waals surface area (Å²) in [5.74, 6) is 0.613.